The maximum Gasteiger partial charge on any atom is 0.0725 e. The molecule has 3 heteroatoms. The fraction of sp³-hybridized carbons (Fsp3) is 0.538. The van der Waals surface area contributed by atoms with Gasteiger partial charge < -0.3 is 10.5 Å². The molecule has 2 unspecified atom stereocenters. The smallest absolute Gasteiger partial charge is 0.0725 e. The summed E-state index contributed by atoms with van der Waals surface area (Å²) in [6.07, 6.45) is 3.14. The van der Waals surface area contributed by atoms with E-state index in [1.165, 1.54) is 5.56 Å². The predicted molar refractivity (Wildman–Crippen MR) is 71.5 cm³/mol. The van der Waals surface area contributed by atoms with Crippen LogP contribution in [0.5, 0.6) is 0 Å². The van der Waals surface area contributed by atoms with Crippen LogP contribution >= 0.6 is 15.9 Å². The van der Waals surface area contributed by atoms with Crippen molar-refractivity contribution in [3.8, 4) is 0 Å². The van der Waals surface area contributed by atoms with E-state index in [2.05, 4.69) is 35.0 Å². The molecule has 1 aromatic rings. The molecular formula is C13H20BrNO. The molecule has 0 aliphatic heterocycles. The molecule has 0 fully saturated rings. The molecule has 2 N–H and O–H groups in total. The Morgan fingerprint density at radius 3 is 2.75 bits per heavy atom. The van der Waals surface area contributed by atoms with Crippen molar-refractivity contribution in [2.24, 2.45) is 5.73 Å². The van der Waals surface area contributed by atoms with Crippen LogP contribution < -0.4 is 5.73 Å². The van der Waals surface area contributed by atoms with Gasteiger partial charge in [0.05, 0.1) is 6.10 Å². The van der Waals surface area contributed by atoms with Crippen LogP contribution in [-0.4, -0.2) is 19.3 Å². The minimum atomic E-state index is 0.0687. The molecular weight excluding hydrogens is 266 g/mol. The van der Waals surface area contributed by atoms with Gasteiger partial charge in [0.15, 0.2) is 0 Å². The van der Waals surface area contributed by atoms with Gasteiger partial charge >= 0.3 is 0 Å². The van der Waals surface area contributed by atoms with Gasteiger partial charge in [-0.2, -0.15) is 0 Å². The Labute approximate surface area is 106 Å². The van der Waals surface area contributed by atoms with Crippen molar-refractivity contribution in [3.63, 3.8) is 0 Å². The zero-order chi connectivity index (χ0) is 12.0. The second kappa shape index (κ2) is 7.05. The first-order valence-electron chi connectivity index (χ1n) is 5.70. The van der Waals surface area contributed by atoms with Crippen molar-refractivity contribution < 1.29 is 4.74 Å². The van der Waals surface area contributed by atoms with Crippen LogP contribution in [-0.2, 0) is 11.2 Å². The summed E-state index contributed by atoms with van der Waals surface area (Å²) in [5, 5.41) is 0. The van der Waals surface area contributed by atoms with Crippen LogP contribution in [0.4, 0.5) is 0 Å². The third-order valence-electron chi connectivity index (χ3n) is 2.71. The highest BCUT2D eigenvalue weighted by molar-refractivity contribution is 9.10. The molecule has 0 spiro atoms. The van der Waals surface area contributed by atoms with Crippen LogP contribution in [0.1, 0.15) is 25.3 Å². The summed E-state index contributed by atoms with van der Waals surface area (Å²) in [5.74, 6) is 0. The van der Waals surface area contributed by atoms with Gasteiger partial charge in [0.2, 0.25) is 0 Å². The largest absolute Gasteiger partial charge is 0.380 e. The first-order valence-corrected chi connectivity index (χ1v) is 6.49. The van der Waals surface area contributed by atoms with Gasteiger partial charge in [-0.1, -0.05) is 41.4 Å². The number of hydrogen-bond donors (Lipinski definition) is 1. The molecule has 90 valence electrons. The van der Waals surface area contributed by atoms with Gasteiger partial charge in [-0.15, -0.1) is 0 Å². The summed E-state index contributed by atoms with van der Waals surface area (Å²) in [4.78, 5) is 0. The van der Waals surface area contributed by atoms with Crippen molar-refractivity contribution in [2.75, 3.05) is 7.11 Å². The van der Waals surface area contributed by atoms with Crippen LogP contribution in [0.15, 0.2) is 28.7 Å². The Hall–Kier alpha value is -0.380. The molecule has 16 heavy (non-hydrogen) atoms. The Morgan fingerprint density at radius 2 is 2.19 bits per heavy atom. The van der Waals surface area contributed by atoms with Gasteiger partial charge in [-0.05, 0) is 30.5 Å². The molecule has 0 aliphatic rings. The number of hydrogen-bond acceptors (Lipinski definition) is 2. The lowest BCUT2D eigenvalue weighted by Gasteiger charge is -2.22. The minimum absolute atomic E-state index is 0.0687. The molecule has 0 aromatic heterocycles. The van der Waals surface area contributed by atoms with E-state index in [0.29, 0.717) is 0 Å². The number of halogens is 1. The molecule has 0 bridgehead atoms. The average Bonchev–Trinajstić information content (AvgIpc) is 2.25. The van der Waals surface area contributed by atoms with Gasteiger partial charge in [0.1, 0.15) is 0 Å². The zero-order valence-corrected chi connectivity index (χ0v) is 11.5. The fourth-order valence-corrected chi connectivity index (χ4v) is 2.31. The van der Waals surface area contributed by atoms with Crippen molar-refractivity contribution in [1.82, 2.24) is 0 Å². The summed E-state index contributed by atoms with van der Waals surface area (Å²) < 4.78 is 6.52. The lowest BCUT2D eigenvalue weighted by Crippen LogP contribution is -2.37. The van der Waals surface area contributed by atoms with E-state index in [-0.39, 0.29) is 12.1 Å². The highest BCUT2D eigenvalue weighted by Crippen LogP contribution is 2.15. The molecule has 0 amide bonds. The van der Waals surface area contributed by atoms with Gasteiger partial charge in [-0.25, -0.2) is 0 Å². The van der Waals surface area contributed by atoms with Crippen LogP contribution in [0.3, 0.4) is 0 Å². The molecule has 0 aliphatic carbocycles. The van der Waals surface area contributed by atoms with E-state index >= 15 is 0 Å². The summed E-state index contributed by atoms with van der Waals surface area (Å²) in [7, 11) is 1.74. The molecule has 2 atom stereocenters. The van der Waals surface area contributed by atoms with Crippen LogP contribution in [0.25, 0.3) is 0 Å². The summed E-state index contributed by atoms with van der Waals surface area (Å²) in [5.41, 5.74) is 7.41. The fourth-order valence-electron chi connectivity index (χ4n) is 1.86. The second-order valence-corrected chi connectivity index (χ2v) is 4.98. The maximum absolute atomic E-state index is 6.16. The summed E-state index contributed by atoms with van der Waals surface area (Å²) in [6, 6.07) is 8.34. The quantitative estimate of drug-likeness (QED) is 0.872. The van der Waals surface area contributed by atoms with Crippen LogP contribution in [0, 0.1) is 0 Å². The predicted octanol–water partition coefficient (Wildman–Crippen LogP) is 3.13. The molecule has 1 aromatic carbocycles. The number of nitrogens with two attached hydrogens (primary N) is 1. The van der Waals surface area contributed by atoms with E-state index in [0.717, 1.165) is 23.7 Å². The summed E-state index contributed by atoms with van der Waals surface area (Å²) in [6.45, 7) is 2.15. The highest BCUT2D eigenvalue weighted by atomic mass is 79.9. The SMILES string of the molecule is CCCC(OC)C(N)Cc1cccc(Br)c1. The number of methoxy groups -OCH3 is 1. The van der Waals surface area contributed by atoms with E-state index in [1.54, 1.807) is 7.11 Å². The average molecular weight is 286 g/mol. The highest BCUT2D eigenvalue weighted by Gasteiger charge is 2.16. The van der Waals surface area contributed by atoms with Gasteiger partial charge in [-0.3, -0.25) is 0 Å². The van der Waals surface area contributed by atoms with E-state index < -0.39 is 0 Å². The lowest BCUT2D eigenvalue weighted by atomic mass is 9.99. The molecule has 1 rings (SSSR count). The Balaban J connectivity index is 2.58. The Morgan fingerprint density at radius 1 is 1.44 bits per heavy atom. The normalized spacial score (nSPS) is 14.8. The standard InChI is InChI=1S/C13H20BrNO/c1-3-5-13(16-2)12(15)9-10-6-4-7-11(14)8-10/h4,6-8,12-13H,3,5,9,15H2,1-2H3. The van der Waals surface area contributed by atoms with E-state index in [1.807, 2.05) is 12.1 Å². The van der Waals surface area contributed by atoms with Crippen molar-refractivity contribution in [1.29, 1.82) is 0 Å². The zero-order valence-electron chi connectivity index (χ0n) is 9.95. The first-order chi connectivity index (χ1) is 7.67. The lowest BCUT2D eigenvalue weighted by molar-refractivity contribution is 0.0726. The number of benzene rings is 1. The van der Waals surface area contributed by atoms with Crippen molar-refractivity contribution in [2.45, 2.75) is 38.3 Å². The Bertz CT molecular complexity index is 317. The molecule has 2 nitrogen and oxygen atoms in total. The first kappa shape index (κ1) is 13.7. The summed E-state index contributed by atoms with van der Waals surface area (Å²) >= 11 is 3.46. The third-order valence-corrected chi connectivity index (χ3v) is 3.21. The molecule has 0 saturated heterocycles. The van der Waals surface area contributed by atoms with E-state index in [9.17, 15) is 0 Å². The molecule has 0 radical (unpaired) electrons. The monoisotopic (exact) mass is 285 g/mol. The maximum atomic E-state index is 6.16. The number of rotatable bonds is 6. The van der Waals surface area contributed by atoms with Crippen LogP contribution in [0.2, 0.25) is 0 Å². The van der Waals surface area contributed by atoms with Crippen molar-refractivity contribution >= 4 is 15.9 Å². The third kappa shape index (κ3) is 4.24. The second-order valence-electron chi connectivity index (χ2n) is 4.06. The topological polar surface area (TPSA) is 35.2 Å². The van der Waals surface area contributed by atoms with E-state index in [4.69, 9.17) is 10.5 Å². The minimum Gasteiger partial charge on any atom is -0.380 e. The van der Waals surface area contributed by atoms with Gasteiger partial charge in [0, 0.05) is 17.6 Å². The molecule has 0 heterocycles. The Kier molecular flexibility index (Phi) is 6.03. The molecule has 0 saturated carbocycles. The van der Waals surface area contributed by atoms with Gasteiger partial charge in [0.25, 0.3) is 0 Å². The number of ether oxygens (including phenoxy) is 1. The van der Waals surface area contributed by atoms with Crippen molar-refractivity contribution in [3.05, 3.63) is 34.3 Å².